The van der Waals surface area contributed by atoms with Crippen LogP contribution in [0.1, 0.15) is 31.1 Å². The SMILES string of the molecule is CC(=O)c1ccc(N(C)C(C)(C)CO)cc1. The van der Waals surface area contributed by atoms with Crippen molar-refractivity contribution in [3.8, 4) is 0 Å². The molecule has 0 atom stereocenters. The molecule has 0 unspecified atom stereocenters. The van der Waals surface area contributed by atoms with Crippen LogP contribution < -0.4 is 4.90 Å². The molecular formula is C13H19NO2. The van der Waals surface area contributed by atoms with E-state index in [2.05, 4.69) is 0 Å². The highest BCUT2D eigenvalue weighted by Crippen LogP contribution is 2.22. The number of hydrogen-bond acceptors (Lipinski definition) is 3. The molecule has 1 aromatic carbocycles. The van der Waals surface area contributed by atoms with Crippen LogP contribution in [0.25, 0.3) is 0 Å². The zero-order valence-corrected chi connectivity index (χ0v) is 10.3. The molecule has 0 fully saturated rings. The number of aliphatic hydroxyl groups is 1. The maximum absolute atomic E-state index is 11.1. The molecule has 0 amide bonds. The lowest BCUT2D eigenvalue weighted by Crippen LogP contribution is -2.44. The number of aliphatic hydroxyl groups excluding tert-OH is 1. The number of hydrogen-bond donors (Lipinski definition) is 1. The molecular weight excluding hydrogens is 202 g/mol. The fourth-order valence-corrected chi connectivity index (χ4v) is 1.38. The van der Waals surface area contributed by atoms with Crippen molar-refractivity contribution >= 4 is 11.5 Å². The zero-order valence-electron chi connectivity index (χ0n) is 10.3. The van der Waals surface area contributed by atoms with E-state index in [4.69, 9.17) is 0 Å². The summed E-state index contributed by atoms with van der Waals surface area (Å²) in [6.45, 7) is 5.56. The van der Waals surface area contributed by atoms with Gasteiger partial charge in [0.2, 0.25) is 0 Å². The van der Waals surface area contributed by atoms with Gasteiger partial charge in [0.25, 0.3) is 0 Å². The zero-order chi connectivity index (χ0) is 12.3. The van der Waals surface area contributed by atoms with E-state index in [0.717, 1.165) is 5.69 Å². The first-order valence-corrected chi connectivity index (χ1v) is 5.34. The minimum Gasteiger partial charge on any atom is -0.394 e. The molecule has 0 saturated carbocycles. The standard InChI is InChI=1S/C13H19NO2/c1-10(16)11-5-7-12(8-6-11)14(4)13(2,3)9-15/h5-8,15H,9H2,1-4H3. The van der Waals surface area contributed by atoms with Crippen LogP contribution >= 0.6 is 0 Å². The Hall–Kier alpha value is -1.35. The third-order valence-electron chi connectivity index (χ3n) is 2.96. The van der Waals surface area contributed by atoms with Gasteiger partial charge in [-0.05, 0) is 45.0 Å². The Morgan fingerprint density at radius 3 is 2.19 bits per heavy atom. The molecule has 88 valence electrons. The Bertz CT molecular complexity index is 368. The molecule has 0 bridgehead atoms. The molecule has 0 aromatic heterocycles. The molecule has 3 nitrogen and oxygen atoms in total. The van der Waals surface area contributed by atoms with Gasteiger partial charge in [-0.1, -0.05) is 0 Å². The number of ketones is 1. The first kappa shape index (κ1) is 12.7. The van der Waals surface area contributed by atoms with E-state index in [1.807, 2.05) is 50.1 Å². The van der Waals surface area contributed by atoms with Crippen molar-refractivity contribution < 1.29 is 9.90 Å². The summed E-state index contributed by atoms with van der Waals surface area (Å²) >= 11 is 0. The summed E-state index contributed by atoms with van der Waals surface area (Å²) in [6, 6.07) is 7.41. The first-order chi connectivity index (χ1) is 7.38. The molecule has 0 saturated heterocycles. The lowest BCUT2D eigenvalue weighted by Gasteiger charge is -2.35. The van der Waals surface area contributed by atoms with Crippen molar-refractivity contribution in [1.29, 1.82) is 0 Å². The number of carbonyl (C=O) groups is 1. The van der Waals surface area contributed by atoms with Gasteiger partial charge in [-0.15, -0.1) is 0 Å². The highest BCUT2D eigenvalue weighted by molar-refractivity contribution is 5.94. The van der Waals surface area contributed by atoms with E-state index in [-0.39, 0.29) is 17.9 Å². The Morgan fingerprint density at radius 1 is 1.31 bits per heavy atom. The number of benzene rings is 1. The second kappa shape index (κ2) is 4.66. The van der Waals surface area contributed by atoms with Gasteiger partial charge < -0.3 is 10.0 Å². The molecule has 1 rings (SSSR count). The Kier molecular flexibility index (Phi) is 3.70. The Balaban J connectivity index is 2.94. The highest BCUT2D eigenvalue weighted by Gasteiger charge is 2.22. The van der Waals surface area contributed by atoms with Crippen molar-refractivity contribution in [2.45, 2.75) is 26.3 Å². The van der Waals surface area contributed by atoms with Crippen LogP contribution in [0.3, 0.4) is 0 Å². The quantitative estimate of drug-likeness (QED) is 0.791. The normalized spacial score (nSPS) is 11.3. The average Bonchev–Trinajstić information content (AvgIpc) is 2.28. The van der Waals surface area contributed by atoms with E-state index < -0.39 is 0 Å². The maximum Gasteiger partial charge on any atom is 0.159 e. The van der Waals surface area contributed by atoms with Crippen molar-refractivity contribution in [2.75, 3.05) is 18.6 Å². The second-order valence-corrected chi connectivity index (χ2v) is 4.63. The van der Waals surface area contributed by atoms with Gasteiger partial charge in [0, 0.05) is 18.3 Å². The third kappa shape index (κ3) is 2.61. The van der Waals surface area contributed by atoms with Crippen LogP contribution in [0, 0.1) is 0 Å². The molecule has 0 aliphatic heterocycles. The van der Waals surface area contributed by atoms with Gasteiger partial charge in [0.1, 0.15) is 0 Å². The first-order valence-electron chi connectivity index (χ1n) is 5.34. The van der Waals surface area contributed by atoms with Crippen LogP contribution in [-0.4, -0.2) is 30.1 Å². The second-order valence-electron chi connectivity index (χ2n) is 4.63. The minimum absolute atomic E-state index is 0.0654. The van der Waals surface area contributed by atoms with E-state index >= 15 is 0 Å². The minimum atomic E-state index is -0.308. The van der Waals surface area contributed by atoms with Gasteiger partial charge >= 0.3 is 0 Å². The Labute approximate surface area is 96.7 Å². The predicted molar refractivity (Wildman–Crippen MR) is 66.0 cm³/mol. The van der Waals surface area contributed by atoms with Crippen LogP contribution in [0.15, 0.2) is 24.3 Å². The summed E-state index contributed by atoms with van der Waals surface area (Å²) in [5, 5.41) is 9.27. The van der Waals surface area contributed by atoms with Gasteiger partial charge in [0.05, 0.1) is 12.1 Å². The smallest absolute Gasteiger partial charge is 0.159 e. The number of carbonyl (C=O) groups excluding carboxylic acids is 1. The highest BCUT2D eigenvalue weighted by atomic mass is 16.3. The number of rotatable bonds is 4. The monoisotopic (exact) mass is 221 g/mol. The van der Waals surface area contributed by atoms with E-state index in [1.54, 1.807) is 6.92 Å². The molecule has 16 heavy (non-hydrogen) atoms. The number of likely N-dealkylation sites (N-methyl/N-ethyl adjacent to an activating group) is 1. The van der Waals surface area contributed by atoms with Crippen molar-refractivity contribution in [1.82, 2.24) is 0 Å². The van der Waals surface area contributed by atoms with E-state index in [1.165, 1.54) is 0 Å². The van der Waals surface area contributed by atoms with Gasteiger partial charge in [-0.3, -0.25) is 4.79 Å². The van der Waals surface area contributed by atoms with Crippen LogP contribution in [0.4, 0.5) is 5.69 Å². The number of Topliss-reactive ketones (excluding diaryl/α,β-unsaturated/α-hetero) is 1. The molecule has 1 N–H and O–H groups in total. The lowest BCUT2D eigenvalue weighted by atomic mass is 10.0. The number of anilines is 1. The molecule has 0 aliphatic carbocycles. The molecule has 0 heterocycles. The Morgan fingerprint density at radius 2 is 1.81 bits per heavy atom. The molecule has 0 radical (unpaired) electrons. The van der Waals surface area contributed by atoms with E-state index in [9.17, 15) is 9.90 Å². The van der Waals surface area contributed by atoms with Crippen LogP contribution in [0.2, 0.25) is 0 Å². The molecule has 0 aliphatic rings. The van der Waals surface area contributed by atoms with Crippen LogP contribution in [-0.2, 0) is 0 Å². The third-order valence-corrected chi connectivity index (χ3v) is 2.96. The fraction of sp³-hybridized carbons (Fsp3) is 0.462. The maximum atomic E-state index is 11.1. The van der Waals surface area contributed by atoms with Gasteiger partial charge in [-0.2, -0.15) is 0 Å². The lowest BCUT2D eigenvalue weighted by molar-refractivity contribution is 0.101. The summed E-state index contributed by atoms with van der Waals surface area (Å²) in [7, 11) is 1.93. The number of nitrogens with zero attached hydrogens (tertiary/aromatic N) is 1. The van der Waals surface area contributed by atoms with Crippen molar-refractivity contribution in [2.24, 2.45) is 0 Å². The van der Waals surface area contributed by atoms with Crippen LogP contribution in [0.5, 0.6) is 0 Å². The average molecular weight is 221 g/mol. The van der Waals surface area contributed by atoms with Gasteiger partial charge in [0.15, 0.2) is 5.78 Å². The fourth-order valence-electron chi connectivity index (χ4n) is 1.38. The molecule has 1 aromatic rings. The predicted octanol–water partition coefficient (Wildman–Crippen LogP) is 2.10. The topological polar surface area (TPSA) is 40.5 Å². The molecule has 3 heteroatoms. The molecule has 0 spiro atoms. The summed E-state index contributed by atoms with van der Waals surface area (Å²) in [5.74, 6) is 0.0654. The van der Waals surface area contributed by atoms with Crippen molar-refractivity contribution in [3.63, 3.8) is 0 Å². The largest absolute Gasteiger partial charge is 0.394 e. The summed E-state index contributed by atoms with van der Waals surface area (Å²) in [6.07, 6.45) is 0. The summed E-state index contributed by atoms with van der Waals surface area (Å²) < 4.78 is 0. The summed E-state index contributed by atoms with van der Waals surface area (Å²) in [4.78, 5) is 13.1. The van der Waals surface area contributed by atoms with Gasteiger partial charge in [-0.25, -0.2) is 0 Å². The van der Waals surface area contributed by atoms with Crippen molar-refractivity contribution in [3.05, 3.63) is 29.8 Å². The van der Waals surface area contributed by atoms with E-state index in [0.29, 0.717) is 5.56 Å². The summed E-state index contributed by atoms with van der Waals surface area (Å²) in [5.41, 5.74) is 1.39.